The van der Waals surface area contributed by atoms with Crippen LogP contribution in [0.4, 0.5) is 21.0 Å². The van der Waals surface area contributed by atoms with Crippen LogP contribution >= 0.6 is 0 Å². The van der Waals surface area contributed by atoms with E-state index in [9.17, 15) is 14.4 Å². The van der Waals surface area contributed by atoms with Gasteiger partial charge in [0.05, 0.1) is 18.2 Å². The number of urea groups is 2. The molecule has 2 aromatic carbocycles. The molecule has 36 heavy (non-hydrogen) atoms. The monoisotopic (exact) mass is 492 g/mol. The molecule has 192 valence electrons. The third kappa shape index (κ3) is 6.44. The minimum absolute atomic E-state index is 0.193. The van der Waals surface area contributed by atoms with Crippen LogP contribution in [0.2, 0.25) is 0 Å². The van der Waals surface area contributed by atoms with Crippen molar-refractivity contribution in [1.82, 2.24) is 10.2 Å². The number of hydrogen-bond acceptors (Lipinski definition) is 4. The third-order valence-corrected chi connectivity index (χ3v) is 6.08. The van der Waals surface area contributed by atoms with E-state index >= 15 is 0 Å². The number of ether oxygens (including phenoxy) is 1. The van der Waals surface area contributed by atoms with Gasteiger partial charge in [0.1, 0.15) is 0 Å². The van der Waals surface area contributed by atoms with Crippen LogP contribution in [0.25, 0.3) is 0 Å². The van der Waals surface area contributed by atoms with E-state index in [2.05, 4.69) is 16.0 Å². The first kappa shape index (κ1) is 26.8. The van der Waals surface area contributed by atoms with Crippen molar-refractivity contribution in [2.75, 3.05) is 23.8 Å². The van der Waals surface area contributed by atoms with Gasteiger partial charge in [-0.2, -0.15) is 0 Å². The average Bonchev–Trinajstić information content (AvgIpc) is 2.82. The number of esters is 1. The molecule has 3 rings (SSSR count). The van der Waals surface area contributed by atoms with E-state index in [4.69, 9.17) is 4.74 Å². The lowest BCUT2D eigenvalue weighted by Gasteiger charge is -2.35. The third-order valence-electron chi connectivity index (χ3n) is 6.08. The molecule has 0 saturated carbocycles. The van der Waals surface area contributed by atoms with Crippen molar-refractivity contribution < 1.29 is 19.1 Å². The van der Waals surface area contributed by atoms with Crippen LogP contribution in [0, 0.1) is 19.8 Å². The second-order valence-electron chi connectivity index (χ2n) is 9.53. The van der Waals surface area contributed by atoms with Crippen LogP contribution in [0.5, 0.6) is 0 Å². The van der Waals surface area contributed by atoms with Gasteiger partial charge in [0, 0.05) is 23.6 Å². The van der Waals surface area contributed by atoms with Crippen LogP contribution in [0.1, 0.15) is 56.8 Å². The van der Waals surface area contributed by atoms with E-state index in [0.29, 0.717) is 35.8 Å². The Morgan fingerprint density at radius 1 is 1.00 bits per heavy atom. The quantitative estimate of drug-likeness (QED) is 0.400. The molecule has 8 nitrogen and oxygen atoms in total. The fraction of sp³-hybridized carbons (Fsp3) is 0.393. The molecule has 0 spiro atoms. The molecule has 0 saturated heterocycles. The lowest BCUT2D eigenvalue weighted by atomic mass is 9.94. The minimum Gasteiger partial charge on any atom is -0.462 e. The second kappa shape index (κ2) is 11.7. The number of benzene rings is 2. The smallest absolute Gasteiger partial charge is 0.338 e. The normalized spacial score (nSPS) is 15.6. The van der Waals surface area contributed by atoms with Gasteiger partial charge in [0.2, 0.25) is 0 Å². The number of anilines is 2. The Bertz CT molecular complexity index is 1150. The summed E-state index contributed by atoms with van der Waals surface area (Å²) in [5.74, 6) is -0.249. The second-order valence-corrected chi connectivity index (χ2v) is 9.53. The predicted molar refractivity (Wildman–Crippen MR) is 142 cm³/mol. The van der Waals surface area contributed by atoms with E-state index < -0.39 is 12.0 Å². The lowest BCUT2D eigenvalue weighted by molar-refractivity contribution is -0.140. The van der Waals surface area contributed by atoms with E-state index in [1.54, 1.807) is 36.1 Å². The number of allylic oxidation sites excluding steroid dienone is 1. The van der Waals surface area contributed by atoms with Crippen LogP contribution < -0.4 is 16.0 Å². The largest absolute Gasteiger partial charge is 0.462 e. The molecule has 0 bridgehead atoms. The first-order valence-corrected chi connectivity index (χ1v) is 12.3. The zero-order valence-electron chi connectivity index (χ0n) is 21.9. The summed E-state index contributed by atoms with van der Waals surface area (Å²) < 4.78 is 5.54. The van der Waals surface area contributed by atoms with Gasteiger partial charge in [-0.05, 0) is 74.1 Å². The van der Waals surface area contributed by atoms with E-state index in [-0.39, 0.29) is 18.0 Å². The molecule has 3 N–H and O–H groups in total. The van der Waals surface area contributed by atoms with Crippen LogP contribution in [-0.4, -0.2) is 36.1 Å². The average molecular weight is 493 g/mol. The Kier molecular flexibility index (Phi) is 8.74. The Morgan fingerprint density at radius 2 is 1.64 bits per heavy atom. The molecule has 1 atom stereocenters. The Balaban J connectivity index is 1.79. The highest BCUT2D eigenvalue weighted by Crippen LogP contribution is 2.32. The zero-order chi connectivity index (χ0) is 26.4. The van der Waals surface area contributed by atoms with Gasteiger partial charge in [0.25, 0.3) is 0 Å². The zero-order valence-corrected chi connectivity index (χ0v) is 21.9. The number of carbonyl (C=O) groups is 3. The molecule has 4 amide bonds. The molecule has 0 fully saturated rings. The summed E-state index contributed by atoms with van der Waals surface area (Å²) >= 11 is 0. The maximum atomic E-state index is 13.1. The van der Waals surface area contributed by atoms with Crippen molar-refractivity contribution in [2.45, 2.75) is 54.0 Å². The summed E-state index contributed by atoms with van der Waals surface area (Å²) in [6, 6.07) is 11.5. The summed E-state index contributed by atoms with van der Waals surface area (Å²) in [5.41, 5.74) is 5.26. The van der Waals surface area contributed by atoms with Gasteiger partial charge in [-0.15, -0.1) is 0 Å². The summed E-state index contributed by atoms with van der Waals surface area (Å²) in [6.45, 7) is 12.5. The van der Waals surface area contributed by atoms with Gasteiger partial charge < -0.3 is 20.7 Å². The van der Waals surface area contributed by atoms with Gasteiger partial charge >= 0.3 is 18.0 Å². The first-order chi connectivity index (χ1) is 17.1. The van der Waals surface area contributed by atoms with Crippen molar-refractivity contribution in [1.29, 1.82) is 0 Å². The summed E-state index contributed by atoms with van der Waals surface area (Å²) in [7, 11) is 0. The van der Waals surface area contributed by atoms with E-state index in [0.717, 1.165) is 23.1 Å². The van der Waals surface area contributed by atoms with Gasteiger partial charge in [-0.3, -0.25) is 4.90 Å². The summed E-state index contributed by atoms with van der Waals surface area (Å²) in [6.07, 6.45) is 0.758. The highest BCUT2D eigenvalue weighted by atomic mass is 16.5. The standard InChI is InChI=1S/C28H36N4O4/c1-7-14-32-20(6)24(26(33)36-16-17(2)3)25(31-28(32)35)21-9-12-22(13-10-21)29-27(34)30-23-11-8-18(4)19(5)15-23/h8-13,15,17,25H,7,14,16H2,1-6H3,(H,31,35)(H2,29,30,34)/t25-/m1/s1. The highest BCUT2D eigenvalue weighted by molar-refractivity contribution is 6.00. The first-order valence-electron chi connectivity index (χ1n) is 12.3. The fourth-order valence-electron chi connectivity index (χ4n) is 3.98. The van der Waals surface area contributed by atoms with Crippen molar-refractivity contribution in [3.8, 4) is 0 Å². The molecule has 2 aromatic rings. The summed E-state index contributed by atoms with van der Waals surface area (Å²) in [4.78, 5) is 39.9. The Morgan fingerprint density at radius 3 is 2.25 bits per heavy atom. The maximum Gasteiger partial charge on any atom is 0.338 e. The highest BCUT2D eigenvalue weighted by Gasteiger charge is 2.36. The molecular formula is C28H36N4O4. The number of carbonyl (C=O) groups excluding carboxylic acids is 3. The van der Waals surface area contributed by atoms with Gasteiger partial charge in [-0.25, -0.2) is 14.4 Å². The SMILES string of the molecule is CCCN1C(=O)N[C@H](c2ccc(NC(=O)Nc3ccc(C)c(C)c3)cc2)C(C(=O)OCC(C)C)=C1C. The number of nitrogens with one attached hydrogen (secondary N) is 3. The molecule has 0 unspecified atom stereocenters. The number of rotatable bonds is 8. The van der Waals surface area contributed by atoms with Crippen LogP contribution in [0.3, 0.4) is 0 Å². The van der Waals surface area contributed by atoms with E-state index in [1.807, 2.05) is 52.8 Å². The molecular weight excluding hydrogens is 456 g/mol. The molecule has 0 aliphatic carbocycles. The molecule has 8 heteroatoms. The molecule has 1 aliphatic rings. The summed E-state index contributed by atoms with van der Waals surface area (Å²) in [5, 5.41) is 8.59. The Labute approximate surface area is 213 Å². The van der Waals surface area contributed by atoms with Crippen molar-refractivity contribution in [2.24, 2.45) is 5.92 Å². The molecule has 1 heterocycles. The van der Waals surface area contributed by atoms with Gasteiger partial charge in [-0.1, -0.05) is 39.0 Å². The fourth-order valence-corrected chi connectivity index (χ4v) is 3.98. The van der Waals surface area contributed by atoms with E-state index in [1.165, 1.54) is 0 Å². The maximum absolute atomic E-state index is 13.1. The van der Waals surface area contributed by atoms with Crippen molar-refractivity contribution >= 4 is 29.4 Å². The molecule has 0 radical (unpaired) electrons. The number of nitrogens with zero attached hydrogens (tertiary/aromatic N) is 1. The van der Waals surface area contributed by atoms with Gasteiger partial charge in [0.15, 0.2) is 0 Å². The number of aryl methyl sites for hydroxylation is 2. The van der Waals surface area contributed by atoms with Crippen LogP contribution in [-0.2, 0) is 9.53 Å². The number of hydrogen-bond donors (Lipinski definition) is 3. The van der Waals surface area contributed by atoms with Crippen molar-refractivity contribution in [3.05, 3.63) is 70.4 Å². The Hall–Kier alpha value is -3.81. The topological polar surface area (TPSA) is 99.8 Å². The molecule has 0 aromatic heterocycles. The van der Waals surface area contributed by atoms with Crippen LogP contribution in [0.15, 0.2) is 53.7 Å². The predicted octanol–water partition coefficient (Wildman–Crippen LogP) is 5.90. The number of amides is 4. The van der Waals surface area contributed by atoms with Crippen molar-refractivity contribution in [3.63, 3.8) is 0 Å². The molecule has 1 aliphatic heterocycles. The minimum atomic E-state index is -0.649. The lowest BCUT2D eigenvalue weighted by Crippen LogP contribution is -2.48.